The number of alkyl halides is 1. The van der Waals surface area contributed by atoms with E-state index in [1.165, 1.54) is 6.20 Å². The first kappa shape index (κ1) is 15.3. The van der Waals surface area contributed by atoms with E-state index in [-0.39, 0.29) is 25.8 Å². The number of halogens is 1. The number of hydrogen-bond acceptors (Lipinski definition) is 5. The molecule has 9 nitrogen and oxygen atoms in total. The molecule has 0 aromatic carbocycles. The number of nitrogens with zero attached hydrogens (tertiary/aromatic N) is 5. The Kier molecular flexibility index (Phi) is 6.10. The van der Waals surface area contributed by atoms with E-state index in [0.717, 1.165) is 15.2 Å². The van der Waals surface area contributed by atoms with Gasteiger partial charge >= 0.3 is 5.69 Å². The lowest BCUT2D eigenvalue weighted by atomic mass is 10.5. The smallest absolute Gasteiger partial charge is 0.333 e. The molecule has 0 aliphatic rings. The molecule has 0 aliphatic heterocycles. The van der Waals surface area contributed by atoms with Gasteiger partial charge in [-0.1, -0.05) is 5.11 Å². The van der Waals surface area contributed by atoms with E-state index in [4.69, 9.17) is 27.0 Å². The van der Waals surface area contributed by atoms with Gasteiger partial charge in [0.2, 0.25) is 0 Å². The zero-order chi connectivity index (χ0) is 14.3. The molecule has 0 spiro atoms. The third-order valence-corrected chi connectivity index (χ3v) is 2.45. The van der Waals surface area contributed by atoms with Crippen molar-refractivity contribution in [3.8, 4) is 0 Å². The van der Waals surface area contributed by atoms with Crippen LogP contribution >= 0.6 is 11.6 Å². The van der Waals surface area contributed by atoms with Crippen molar-refractivity contribution >= 4 is 11.6 Å². The molecule has 0 saturated heterocycles. The van der Waals surface area contributed by atoms with E-state index >= 15 is 0 Å². The van der Waals surface area contributed by atoms with Crippen LogP contribution in [0.15, 0.2) is 27.0 Å². The summed E-state index contributed by atoms with van der Waals surface area (Å²) in [4.78, 5) is 26.2. The average molecular weight is 290 g/mol. The highest BCUT2D eigenvalue weighted by Crippen LogP contribution is 2.05. The number of aliphatic hydroxyl groups excluding tert-OH is 1. The van der Waals surface area contributed by atoms with E-state index in [2.05, 4.69) is 10.0 Å². The summed E-state index contributed by atoms with van der Waals surface area (Å²) in [5.41, 5.74) is 7.05. The molecule has 0 unspecified atom stereocenters. The molecule has 19 heavy (non-hydrogen) atoms. The van der Waals surface area contributed by atoms with Crippen LogP contribution in [0.1, 0.15) is 6.17 Å². The summed E-state index contributed by atoms with van der Waals surface area (Å²) in [7, 11) is 0. The summed E-state index contributed by atoms with van der Waals surface area (Å²) < 4.78 is 6.82. The standard InChI is InChI=1S/C9H12ClN5O4/c10-5-7(12-13-11)15-8(17)1-2-14(9(15)18)6-19-4-3-16/h1-2,7,16H,3-6H2/t7-/m1/s1. The van der Waals surface area contributed by atoms with Crippen molar-refractivity contribution in [2.75, 3.05) is 19.1 Å². The summed E-state index contributed by atoms with van der Waals surface area (Å²) in [6, 6.07) is 1.14. The van der Waals surface area contributed by atoms with Crippen molar-refractivity contribution in [3.05, 3.63) is 43.5 Å². The third-order valence-electron chi connectivity index (χ3n) is 2.17. The van der Waals surface area contributed by atoms with Gasteiger partial charge in [0.25, 0.3) is 5.56 Å². The van der Waals surface area contributed by atoms with Gasteiger partial charge in [0, 0.05) is 23.1 Å². The summed E-state index contributed by atoms with van der Waals surface area (Å²) in [5.74, 6) is -0.208. The Balaban J connectivity index is 3.16. The molecule has 0 bridgehead atoms. The van der Waals surface area contributed by atoms with E-state index in [9.17, 15) is 9.59 Å². The van der Waals surface area contributed by atoms with Gasteiger partial charge in [-0.3, -0.25) is 9.36 Å². The van der Waals surface area contributed by atoms with Gasteiger partial charge in [0.15, 0.2) is 0 Å². The largest absolute Gasteiger partial charge is 0.394 e. The second kappa shape index (κ2) is 7.59. The van der Waals surface area contributed by atoms with Gasteiger partial charge in [-0.15, -0.1) is 11.6 Å². The Bertz CT molecular complexity index is 577. The number of aliphatic hydroxyl groups is 1. The maximum Gasteiger partial charge on any atom is 0.333 e. The van der Waals surface area contributed by atoms with E-state index < -0.39 is 17.4 Å². The fraction of sp³-hybridized carbons (Fsp3) is 0.556. The number of azide groups is 1. The van der Waals surface area contributed by atoms with E-state index in [1.807, 2.05) is 0 Å². The summed E-state index contributed by atoms with van der Waals surface area (Å²) in [6.45, 7) is -0.261. The SMILES string of the molecule is [N-]=[N+]=N[C@@H](CCl)n1c(=O)ccn(COCCO)c1=O. The molecule has 1 N–H and O–H groups in total. The minimum atomic E-state index is -1.10. The van der Waals surface area contributed by atoms with Crippen LogP contribution in [-0.4, -0.2) is 33.3 Å². The molecule has 0 fully saturated rings. The van der Waals surface area contributed by atoms with Crippen molar-refractivity contribution in [1.29, 1.82) is 0 Å². The zero-order valence-corrected chi connectivity index (χ0v) is 10.6. The molecule has 1 atom stereocenters. The monoisotopic (exact) mass is 289 g/mol. The number of rotatable bonds is 7. The first-order valence-corrected chi connectivity index (χ1v) is 5.80. The van der Waals surface area contributed by atoms with E-state index in [0.29, 0.717) is 0 Å². The maximum absolute atomic E-state index is 12.0. The summed E-state index contributed by atoms with van der Waals surface area (Å²) >= 11 is 5.57. The van der Waals surface area contributed by atoms with Gasteiger partial charge < -0.3 is 9.84 Å². The second-order valence-electron chi connectivity index (χ2n) is 3.38. The normalized spacial score (nSPS) is 11.9. The van der Waals surface area contributed by atoms with Crippen LogP contribution in [0.2, 0.25) is 0 Å². The predicted molar refractivity (Wildman–Crippen MR) is 66.9 cm³/mol. The van der Waals surface area contributed by atoms with Crippen LogP contribution < -0.4 is 11.2 Å². The molecule has 104 valence electrons. The molecule has 10 heteroatoms. The molecular formula is C9H12ClN5O4. The lowest BCUT2D eigenvalue weighted by molar-refractivity contribution is 0.0447. The van der Waals surface area contributed by atoms with E-state index in [1.54, 1.807) is 0 Å². The fourth-order valence-electron chi connectivity index (χ4n) is 1.34. The quantitative estimate of drug-likeness (QED) is 0.250. The number of hydrogen-bond donors (Lipinski definition) is 1. The predicted octanol–water partition coefficient (Wildman–Crippen LogP) is 0.0241. The Morgan fingerprint density at radius 1 is 1.58 bits per heavy atom. The number of aromatic nitrogens is 2. The molecule has 0 amide bonds. The third kappa shape index (κ3) is 3.83. The van der Waals surface area contributed by atoms with Crippen molar-refractivity contribution < 1.29 is 9.84 Å². The van der Waals surface area contributed by atoms with Crippen molar-refractivity contribution in [1.82, 2.24) is 9.13 Å². The highest BCUT2D eigenvalue weighted by atomic mass is 35.5. The molecule has 1 aromatic heterocycles. The van der Waals surface area contributed by atoms with Crippen molar-refractivity contribution in [2.45, 2.75) is 12.9 Å². The Morgan fingerprint density at radius 2 is 2.32 bits per heavy atom. The molecule has 1 rings (SSSR count). The lowest BCUT2D eigenvalue weighted by Crippen LogP contribution is -2.41. The number of ether oxygens (including phenoxy) is 1. The zero-order valence-electron chi connectivity index (χ0n) is 9.85. The molecule has 0 aliphatic carbocycles. The maximum atomic E-state index is 12.0. The summed E-state index contributed by atoms with van der Waals surface area (Å²) in [6.07, 6.45) is 0.150. The van der Waals surface area contributed by atoms with Crippen molar-refractivity contribution in [3.63, 3.8) is 0 Å². The highest BCUT2D eigenvalue weighted by Gasteiger charge is 2.14. The minimum absolute atomic E-state index is 0.0564. The average Bonchev–Trinajstić information content (AvgIpc) is 2.40. The van der Waals surface area contributed by atoms with Crippen LogP contribution in [-0.2, 0) is 11.5 Å². The van der Waals surface area contributed by atoms with Gasteiger partial charge in [0.1, 0.15) is 12.9 Å². The fourth-order valence-corrected chi connectivity index (χ4v) is 1.54. The molecular weight excluding hydrogens is 278 g/mol. The minimum Gasteiger partial charge on any atom is -0.394 e. The van der Waals surface area contributed by atoms with Crippen molar-refractivity contribution in [2.24, 2.45) is 5.11 Å². The van der Waals surface area contributed by atoms with Gasteiger partial charge in [-0.05, 0) is 5.53 Å². The van der Waals surface area contributed by atoms with Gasteiger partial charge in [-0.25, -0.2) is 9.36 Å². The van der Waals surface area contributed by atoms with Crippen LogP contribution in [0.4, 0.5) is 0 Å². The van der Waals surface area contributed by atoms with Crippen LogP contribution in [0.3, 0.4) is 0 Å². The van der Waals surface area contributed by atoms with Gasteiger partial charge in [-0.2, -0.15) is 0 Å². The van der Waals surface area contributed by atoms with Crippen LogP contribution in [0.5, 0.6) is 0 Å². The second-order valence-corrected chi connectivity index (χ2v) is 3.69. The molecule has 1 heterocycles. The molecule has 0 saturated carbocycles. The Labute approximate surface area is 112 Å². The van der Waals surface area contributed by atoms with Gasteiger partial charge in [0.05, 0.1) is 13.2 Å². The van der Waals surface area contributed by atoms with Crippen LogP contribution in [0.25, 0.3) is 10.4 Å². The topological polar surface area (TPSA) is 122 Å². The molecule has 1 aromatic rings. The Morgan fingerprint density at radius 3 is 2.89 bits per heavy atom. The Hall–Kier alpha value is -1.80. The molecule has 0 radical (unpaired) electrons. The first-order chi connectivity index (χ1) is 9.15. The highest BCUT2D eigenvalue weighted by molar-refractivity contribution is 6.18. The first-order valence-electron chi connectivity index (χ1n) is 5.26. The lowest BCUT2D eigenvalue weighted by Gasteiger charge is -2.13. The summed E-state index contributed by atoms with van der Waals surface area (Å²) in [5, 5.41) is 11.9. The van der Waals surface area contributed by atoms with Crippen LogP contribution in [0, 0.1) is 0 Å².